The third-order valence-corrected chi connectivity index (χ3v) is 5.15. The standard InChI is InChI=1S/C27H28N2O6/c1-18-8-9-21(16-19(18)2)29-26(31)17-34-27(32)15-14-25(30)28-20-10-12-22(13-11-20)35-24-7-5-4-6-23(24)33-3/h4-13,16H,14-15,17H2,1-3H3,(H,28,30)(H,29,31). The molecule has 0 saturated carbocycles. The lowest BCUT2D eigenvalue weighted by Crippen LogP contribution is -2.21. The SMILES string of the molecule is COc1ccccc1Oc1ccc(NC(=O)CCC(=O)OCC(=O)Nc2ccc(C)c(C)c2)cc1. The molecule has 2 amide bonds. The van der Waals surface area contributed by atoms with E-state index < -0.39 is 18.5 Å². The average Bonchev–Trinajstić information content (AvgIpc) is 2.85. The van der Waals surface area contributed by atoms with Gasteiger partial charge in [0.25, 0.3) is 5.91 Å². The van der Waals surface area contributed by atoms with Gasteiger partial charge in [-0.05, 0) is 73.5 Å². The highest BCUT2D eigenvalue weighted by Gasteiger charge is 2.12. The van der Waals surface area contributed by atoms with E-state index in [0.29, 0.717) is 28.6 Å². The quantitative estimate of drug-likeness (QED) is 0.399. The zero-order valence-electron chi connectivity index (χ0n) is 19.9. The Morgan fingerprint density at radius 3 is 2.09 bits per heavy atom. The number of rotatable bonds is 10. The zero-order chi connectivity index (χ0) is 25.2. The van der Waals surface area contributed by atoms with Gasteiger partial charge in [0.1, 0.15) is 5.75 Å². The number of anilines is 2. The van der Waals surface area contributed by atoms with Gasteiger partial charge < -0.3 is 24.8 Å². The van der Waals surface area contributed by atoms with Gasteiger partial charge in [0.2, 0.25) is 5.91 Å². The lowest BCUT2D eigenvalue weighted by atomic mass is 10.1. The van der Waals surface area contributed by atoms with Crippen LogP contribution in [0.2, 0.25) is 0 Å². The molecule has 0 radical (unpaired) electrons. The minimum atomic E-state index is -0.629. The first-order chi connectivity index (χ1) is 16.8. The van der Waals surface area contributed by atoms with Crippen LogP contribution in [0.5, 0.6) is 17.2 Å². The number of amides is 2. The molecule has 0 aliphatic carbocycles. The second-order valence-corrected chi connectivity index (χ2v) is 7.83. The zero-order valence-corrected chi connectivity index (χ0v) is 19.9. The second kappa shape index (κ2) is 12.2. The van der Waals surface area contributed by atoms with Crippen LogP contribution in [0.4, 0.5) is 11.4 Å². The van der Waals surface area contributed by atoms with Crippen molar-refractivity contribution < 1.29 is 28.6 Å². The van der Waals surface area contributed by atoms with Gasteiger partial charge in [-0.1, -0.05) is 18.2 Å². The molecule has 8 heteroatoms. The Bertz CT molecular complexity index is 1190. The molecule has 0 spiro atoms. The van der Waals surface area contributed by atoms with Crippen LogP contribution < -0.4 is 20.1 Å². The summed E-state index contributed by atoms with van der Waals surface area (Å²) in [4.78, 5) is 36.1. The molecule has 2 N–H and O–H groups in total. The molecule has 0 aliphatic heterocycles. The first-order valence-corrected chi connectivity index (χ1v) is 11.1. The van der Waals surface area contributed by atoms with Crippen LogP contribution in [0.3, 0.4) is 0 Å². The maximum atomic E-state index is 12.2. The number of hydrogen-bond acceptors (Lipinski definition) is 6. The topological polar surface area (TPSA) is 103 Å². The molecule has 3 aromatic rings. The number of benzene rings is 3. The van der Waals surface area contributed by atoms with E-state index in [-0.39, 0.29) is 18.7 Å². The van der Waals surface area contributed by atoms with Crippen molar-refractivity contribution in [2.75, 3.05) is 24.4 Å². The van der Waals surface area contributed by atoms with Crippen LogP contribution in [0.25, 0.3) is 0 Å². The summed E-state index contributed by atoms with van der Waals surface area (Å²) in [6.07, 6.45) is -0.213. The van der Waals surface area contributed by atoms with Crippen molar-refractivity contribution in [2.45, 2.75) is 26.7 Å². The molecule has 3 rings (SSSR count). The van der Waals surface area contributed by atoms with E-state index in [0.717, 1.165) is 11.1 Å². The number of ether oxygens (including phenoxy) is 3. The largest absolute Gasteiger partial charge is 0.493 e. The Labute approximate surface area is 204 Å². The summed E-state index contributed by atoms with van der Waals surface area (Å²) in [6, 6.07) is 19.6. The molecule has 0 atom stereocenters. The Morgan fingerprint density at radius 2 is 1.40 bits per heavy atom. The van der Waals surface area contributed by atoms with E-state index >= 15 is 0 Å². The monoisotopic (exact) mass is 476 g/mol. The van der Waals surface area contributed by atoms with Gasteiger partial charge in [0.15, 0.2) is 18.1 Å². The number of hydrogen-bond donors (Lipinski definition) is 2. The molecule has 3 aromatic carbocycles. The minimum Gasteiger partial charge on any atom is -0.493 e. The van der Waals surface area contributed by atoms with E-state index in [4.69, 9.17) is 14.2 Å². The normalized spacial score (nSPS) is 10.3. The van der Waals surface area contributed by atoms with Crippen LogP contribution in [-0.2, 0) is 19.1 Å². The van der Waals surface area contributed by atoms with Crippen LogP contribution in [0.15, 0.2) is 66.7 Å². The summed E-state index contributed by atoms with van der Waals surface area (Å²) in [5.74, 6) is 0.347. The summed E-state index contributed by atoms with van der Waals surface area (Å²) >= 11 is 0. The third-order valence-electron chi connectivity index (χ3n) is 5.15. The molecule has 0 unspecified atom stereocenters. The Kier molecular flexibility index (Phi) is 8.83. The fraction of sp³-hybridized carbons (Fsp3) is 0.222. The second-order valence-electron chi connectivity index (χ2n) is 7.83. The van der Waals surface area contributed by atoms with E-state index in [9.17, 15) is 14.4 Å². The van der Waals surface area contributed by atoms with E-state index in [1.807, 2.05) is 38.1 Å². The van der Waals surface area contributed by atoms with E-state index in [2.05, 4.69) is 10.6 Å². The maximum absolute atomic E-state index is 12.2. The Hall–Kier alpha value is -4.33. The molecule has 8 nitrogen and oxygen atoms in total. The Balaban J connectivity index is 1.38. The highest BCUT2D eigenvalue weighted by molar-refractivity contribution is 5.94. The summed E-state index contributed by atoms with van der Waals surface area (Å²) < 4.78 is 16.0. The number of esters is 1. The predicted molar refractivity (Wildman–Crippen MR) is 133 cm³/mol. The van der Waals surface area contributed by atoms with Crippen LogP contribution in [-0.4, -0.2) is 31.5 Å². The van der Waals surface area contributed by atoms with Crippen molar-refractivity contribution in [3.05, 3.63) is 77.9 Å². The van der Waals surface area contributed by atoms with Crippen molar-refractivity contribution in [2.24, 2.45) is 0 Å². The highest BCUT2D eigenvalue weighted by Crippen LogP contribution is 2.31. The molecule has 0 bridgehead atoms. The minimum absolute atomic E-state index is 0.0723. The number of aryl methyl sites for hydroxylation is 2. The molecule has 0 aromatic heterocycles. The lowest BCUT2D eigenvalue weighted by Gasteiger charge is -2.11. The Morgan fingerprint density at radius 1 is 0.743 bits per heavy atom. The molecule has 0 saturated heterocycles. The van der Waals surface area contributed by atoms with Gasteiger partial charge in [-0.25, -0.2) is 0 Å². The summed E-state index contributed by atoms with van der Waals surface area (Å²) in [7, 11) is 1.57. The lowest BCUT2D eigenvalue weighted by molar-refractivity contribution is -0.147. The number of carbonyl (C=O) groups is 3. The molecule has 182 valence electrons. The van der Waals surface area contributed by atoms with Gasteiger partial charge in [0.05, 0.1) is 13.5 Å². The highest BCUT2D eigenvalue weighted by atomic mass is 16.5. The smallest absolute Gasteiger partial charge is 0.306 e. The number of methoxy groups -OCH3 is 1. The first kappa shape index (κ1) is 25.3. The van der Waals surface area contributed by atoms with Gasteiger partial charge >= 0.3 is 5.97 Å². The summed E-state index contributed by atoms with van der Waals surface area (Å²) in [5.41, 5.74) is 3.35. The van der Waals surface area contributed by atoms with Gasteiger partial charge in [0, 0.05) is 17.8 Å². The number of nitrogens with one attached hydrogen (secondary N) is 2. The van der Waals surface area contributed by atoms with Crippen LogP contribution in [0.1, 0.15) is 24.0 Å². The molecule has 0 aliphatic rings. The van der Waals surface area contributed by atoms with Crippen molar-refractivity contribution in [3.63, 3.8) is 0 Å². The van der Waals surface area contributed by atoms with Crippen molar-refractivity contribution in [1.82, 2.24) is 0 Å². The van der Waals surface area contributed by atoms with E-state index in [1.165, 1.54) is 0 Å². The predicted octanol–water partition coefficient (Wildman–Crippen LogP) is 5.00. The van der Waals surface area contributed by atoms with E-state index in [1.54, 1.807) is 49.6 Å². The first-order valence-electron chi connectivity index (χ1n) is 11.1. The van der Waals surface area contributed by atoms with Crippen LogP contribution >= 0.6 is 0 Å². The van der Waals surface area contributed by atoms with Crippen LogP contribution in [0, 0.1) is 13.8 Å². The average molecular weight is 477 g/mol. The van der Waals surface area contributed by atoms with Gasteiger partial charge in [-0.3, -0.25) is 14.4 Å². The van der Waals surface area contributed by atoms with Crippen molar-refractivity contribution in [1.29, 1.82) is 0 Å². The molecule has 0 fully saturated rings. The fourth-order valence-electron chi connectivity index (χ4n) is 3.11. The molecular weight excluding hydrogens is 448 g/mol. The van der Waals surface area contributed by atoms with Gasteiger partial charge in [-0.15, -0.1) is 0 Å². The van der Waals surface area contributed by atoms with Crippen molar-refractivity contribution in [3.8, 4) is 17.2 Å². The molecular formula is C27H28N2O6. The summed E-state index contributed by atoms with van der Waals surface area (Å²) in [6.45, 7) is 3.51. The number of carbonyl (C=O) groups excluding carboxylic acids is 3. The third kappa shape index (κ3) is 7.89. The molecule has 0 heterocycles. The maximum Gasteiger partial charge on any atom is 0.306 e. The van der Waals surface area contributed by atoms with Gasteiger partial charge in [-0.2, -0.15) is 0 Å². The number of para-hydroxylation sites is 2. The summed E-state index contributed by atoms with van der Waals surface area (Å²) in [5, 5.41) is 5.39. The fourth-order valence-corrected chi connectivity index (χ4v) is 3.11. The van der Waals surface area contributed by atoms with Crippen molar-refractivity contribution >= 4 is 29.2 Å². The molecule has 35 heavy (non-hydrogen) atoms.